The average Bonchev–Trinajstić information content (AvgIpc) is 3.31. The van der Waals surface area contributed by atoms with E-state index in [1.807, 2.05) is 55.5 Å². The molecule has 3 aromatic carbocycles. The fourth-order valence-corrected chi connectivity index (χ4v) is 4.96. The zero-order valence-corrected chi connectivity index (χ0v) is 57.4. The second-order valence-electron chi connectivity index (χ2n) is 13.0. The third kappa shape index (κ3) is 53.3. The number of hydrogen-bond acceptors (Lipinski definition) is 14. The molecule has 0 fully saturated rings. The van der Waals surface area contributed by atoms with Gasteiger partial charge in [-0.2, -0.15) is 26.0 Å². The number of esters is 1. The summed E-state index contributed by atoms with van der Waals surface area (Å²) in [5, 5.41) is 13.6. The number of nitrogens with one attached hydrogen (secondary N) is 2. The van der Waals surface area contributed by atoms with Crippen molar-refractivity contribution in [3.05, 3.63) is 102 Å². The number of aliphatic hydroxyl groups is 2. The number of benzene rings is 3. The molecule has 3 rings (SSSR count). The number of hydrogen-bond donors (Lipinski definition) is 6. The van der Waals surface area contributed by atoms with Gasteiger partial charge in [0, 0.05) is 37.2 Å². The predicted octanol–water partition coefficient (Wildman–Crippen LogP) is 2.30. The molecule has 0 bridgehead atoms. The standard InChI is InChI=1S/C9H12O2.C7H8O3S.C7H8.2C6H15N.C4H6F2O6S.C2H2F2O5S.ClH.I2.2HI.Na.H2O.V/c10-6-7-11-8-9-4-2-1-3-5-9;1-6-2-4-7(5-3-6)11(8,9)10;1-7-5-3-2-4-6-7;2*1-4-7(5-2)6-3;5-4(6,13(9,10)11)3(8)12-2-1-7;3-2(4,1(5)6)10(7,8)9;;1-2;;;;;/h1-5,10H,6-8H2;2-5H,1H3,(H,8,9,10);2-6H,1H3;2*4-6H2,1-3H3;7H,1-2H2,(H,9,10,11);(H,5,6)(H,7,8,9);1H;;2*1H;;1H2;/q;;;;;;;;;;;+1;;+2/p-2. The molecular formula is C41H69ClF4I4N2NaO17S3V+. The maximum absolute atomic E-state index is 12.2. The summed E-state index contributed by atoms with van der Waals surface area (Å²) in [5.41, 5.74) is 3.42. The van der Waals surface area contributed by atoms with Crippen molar-refractivity contribution in [2.45, 2.75) is 77.4 Å². The summed E-state index contributed by atoms with van der Waals surface area (Å²) in [6, 6.07) is 26.2. The molecule has 0 saturated heterocycles. The number of aliphatic hydroxyl groups excluding tert-OH is 2. The van der Waals surface area contributed by atoms with Gasteiger partial charge in [0.2, 0.25) is 0 Å². The number of halogens is 9. The molecular weight excluding hydrogens is 1580 g/mol. The Labute approximate surface area is 515 Å². The van der Waals surface area contributed by atoms with E-state index >= 15 is 0 Å². The van der Waals surface area contributed by atoms with Gasteiger partial charge in [-0.3, -0.25) is 4.55 Å². The van der Waals surface area contributed by atoms with E-state index in [2.05, 4.69) is 143 Å². The smallest absolute Gasteiger partial charge is 1.00 e. The molecule has 0 radical (unpaired) electrons. The Morgan fingerprint density at radius 3 is 1.16 bits per heavy atom. The van der Waals surface area contributed by atoms with E-state index in [1.54, 1.807) is 21.9 Å². The van der Waals surface area contributed by atoms with Crippen LogP contribution in [-0.2, 0) is 65.5 Å². The maximum atomic E-state index is 12.2. The molecule has 0 spiro atoms. The number of carbonyl (C=O) groups excluding carboxylic acids is 1. The Bertz CT molecular complexity index is 2070. The maximum Gasteiger partial charge on any atom is 1.00 e. The van der Waals surface area contributed by atoms with Crippen LogP contribution < -0.4 is 39.4 Å². The van der Waals surface area contributed by atoms with Crippen molar-refractivity contribution in [2.75, 3.05) is 65.7 Å². The number of carbonyl (C=O) groups is 2. The monoisotopic (exact) mass is 1650 g/mol. The van der Waals surface area contributed by atoms with Crippen LogP contribution in [0.15, 0.2) is 89.8 Å². The van der Waals surface area contributed by atoms with Crippen molar-refractivity contribution in [1.29, 1.82) is 0 Å². The van der Waals surface area contributed by atoms with Crippen molar-refractivity contribution in [3.63, 3.8) is 0 Å². The van der Waals surface area contributed by atoms with Gasteiger partial charge in [-0.15, -0.1) is 12.4 Å². The van der Waals surface area contributed by atoms with Crippen molar-refractivity contribution < 1.29 is 145 Å². The Kier molecular flexibility index (Phi) is 72.2. The summed E-state index contributed by atoms with van der Waals surface area (Å²) in [4.78, 5) is 22.8. The van der Waals surface area contributed by atoms with Crippen LogP contribution in [0.25, 0.3) is 0 Å². The first kappa shape index (κ1) is 93.9. The fourth-order valence-electron chi connectivity index (χ4n) is 4.00. The Balaban J connectivity index is -0.0000000940. The number of carboxylic acids is 1. The van der Waals surface area contributed by atoms with Gasteiger partial charge in [0.25, 0.3) is 10.1 Å². The van der Waals surface area contributed by atoms with Crippen LogP contribution in [0.4, 0.5) is 17.6 Å². The number of aliphatic carboxylic acids is 1. The van der Waals surface area contributed by atoms with E-state index in [4.69, 9.17) is 24.6 Å². The molecule has 431 valence electrons. The number of quaternary nitrogens is 2. The van der Waals surface area contributed by atoms with E-state index in [1.165, 1.54) is 57.0 Å². The van der Waals surface area contributed by atoms with Crippen molar-refractivity contribution in [2.24, 2.45) is 0 Å². The molecule has 0 saturated carbocycles. The van der Waals surface area contributed by atoms with Gasteiger partial charge in [0.1, 0.15) is 6.61 Å². The Hall–Kier alpha value is 0.604. The molecule has 0 atom stereocenters. The van der Waals surface area contributed by atoms with Crippen molar-refractivity contribution in [3.8, 4) is 0 Å². The van der Waals surface area contributed by atoms with E-state index in [-0.39, 0.29) is 58.9 Å². The average molecular weight is 1650 g/mol. The van der Waals surface area contributed by atoms with Gasteiger partial charge in [0.15, 0.2) is 20.2 Å². The van der Waals surface area contributed by atoms with Crippen molar-refractivity contribution >= 4 is 132 Å². The summed E-state index contributed by atoms with van der Waals surface area (Å²) in [7, 11) is -15.5. The molecule has 0 heterocycles. The summed E-state index contributed by atoms with van der Waals surface area (Å²) in [5.74, 6) is -5.46. The predicted molar refractivity (Wildman–Crippen MR) is 302 cm³/mol. The van der Waals surface area contributed by atoms with Gasteiger partial charge in [-0.25, -0.2) is 26.4 Å². The van der Waals surface area contributed by atoms with Crippen molar-refractivity contribution in [1.82, 2.24) is 0 Å². The first-order chi connectivity index (χ1) is 32.9. The normalized spacial score (nSPS) is 10.2. The van der Waals surface area contributed by atoms with Crippen LogP contribution in [0.2, 0.25) is 0 Å². The second kappa shape index (κ2) is 56.9. The SMILES string of the molecule is CC[NH+](CC)CC.CC[NH+](CC)CC.Cc1ccc(S(=O)(=O)O)cc1.Cc1ccccc1.Cl.II.O.O=C(O)C(F)(F)S(=O)(=O)[O-].O=C(OCCO)C(F)(F)S(=O)(=O)[O-].OCCOCc1ccccc1.[I][V][I].[Na+]. The number of rotatable bonds is 17. The summed E-state index contributed by atoms with van der Waals surface area (Å²) in [6.07, 6.45) is 0. The summed E-state index contributed by atoms with van der Waals surface area (Å²) < 4.78 is 143. The van der Waals surface area contributed by atoms with Crippen LogP contribution in [0, 0.1) is 13.8 Å². The largest absolute Gasteiger partial charge is 1.00 e. The Morgan fingerprint density at radius 1 is 0.635 bits per heavy atom. The van der Waals surface area contributed by atoms with Gasteiger partial charge in [0.05, 0.1) is 70.6 Å². The molecule has 0 aliphatic carbocycles. The third-order valence-electron chi connectivity index (χ3n) is 8.05. The number of alkyl halides is 4. The van der Waals surface area contributed by atoms with E-state index in [9.17, 15) is 61.5 Å². The molecule has 0 unspecified atom stereocenters. The van der Waals surface area contributed by atoms with Crippen LogP contribution in [0.5, 0.6) is 0 Å². The molecule has 8 N–H and O–H groups in total. The molecule has 0 amide bonds. The number of carboxylic acid groups (broad SMARTS) is 1. The number of ether oxygens (including phenoxy) is 2. The molecule has 33 heteroatoms. The van der Waals surface area contributed by atoms with Gasteiger partial charge < -0.3 is 49.2 Å². The van der Waals surface area contributed by atoms with Gasteiger partial charge >= 0.3 is 101 Å². The van der Waals surface area contributed by atoms with Crippen LogP contribution in [0.3, 0.4) is 0 Å². The minimum absolute atomic E-state index is 0. The molecule has 0 aliphatic heterocycles. The van der Waals surface area contributed by atoms with E-state index < -0.39 is 66.0 Å². The number of aryl methyl sites for hydroxylation is 2. The van der Waals surface area contributed by atoms with Crippen LogP contribution in [-0.4, -0.2) is 148 Å². The topological polar surface area (TPSA) is 322 Å². The minimum Gasteiger partial charge on any atom is 1.00 e. The second-order valence-corrected chi connectivity index (χ2v) is 29.0. The first-order valence-electron chi connectivity index (χ1n) is 20.6. The summed E-state index contributed by atoms with van der Waals surface area (Å²) >= 11 is 8.98. The molecule has 19 nitrogen and oxygen atoms in total. The zero-order chi connectivity index (χ0) is 56.9. The minimum atomic E-state index is -6.08. The molecule has 74 heavy (non-hydrogen) atoms. The summed E-state index contributed by atoms with van der Waals surface area (Å²) in [6.45, 7) is 24.4. The quantitative estimate of drug-likeness (QED) is 0.0282. The fraction of sp³-hybridized carbons (Fsp3) is 0.512. The molecule has 3 aromatic rings. The third-order valence-corrected chi connectivity index (χ3v) is 10.5. The van der Waals surface area contributed by atoms with E-state index in [0.717, 1.165) is 11.1 Å². The molecule has 0 aromatic heterocycles. The first-order valence-corrected chi connectivity index (χ1v) is 40.1. The zero-order valence-electron chi connectivity index (χ0n) is 42.2. The van der Waals surface area contributed by atoms with Gasteiger partial charge in [-0.1, -0.05) is 83.9 Å². The molecule has 0 aliphatic rings. The van der Waals surface area contributed by atoms with E-state index in [0.29, 0.717) is 22.7 Å². The Morgan fingerprint density at radius 2 is 0.946 bits per heavy atom. The van der Waals surface area contributed by atoms with Crippen LogP contribution >= 0.6 is 89.6 Å². The van der Waals surface area contributed by atoms with Gasteiger partial charge in [-0.05, 0) is 73.1 Å². The van der Waals surface area contributed by atoms with Crippen LogP contribution in [0.1, 0.15) is 58.2 Å².